The second kappa shape index (κ2) is 6.63. The number of benzene rings is 2. The van der Waals surface area contributed by atoms with Crippen LogP contribution in [0.4, 0.5) is 5.69 Å². The summed E-state index contributed by atoms with van der Waals surface area (Å²) >= 11 is 6.27. The zero-order valence-electron chi connectivity index (χ0n) is 13.6. The van der Waals surface area contributed by atoms with Gasteiger partial charge in [0.05, 0.1) is 10.7 Å². The Kier molecular flexibility index (Phi) is 4.58. The first-order valence-electron chi connectivity index (χ1n) is 7.93. The summed E-state index contributed by atoms with van der Waals surface area (Å²) in [6.07, 6.45) is 0. The fraction of sp³-hybridized carbons (Fsp3) is 0.316. The monoisotopic (exact) mass is 328 g/mol. The SMILES string of the molecule is Cc1cccc(C(=O)N2CCN(c3ccccc3Cl)CC2)c1C. The smallest absolute Gasteiger partial charge is 0.254 e. The molecule has 1 aliphatic rings. The van der Waals surface area contributed by atoms with Crippen molar-refractivity contribution in [1.29, 1.82) is 0 Å². The van der Waals surface area contributed by atoms with E-state index in [0.29, 0.717) is 0 Å². The fourth-order valence-corrected chi connectivity index (χ4v) is 3.27. The second-order valence-electron chi connectivity index (χ2n) is 5.98. The molecular weight excluding hydrogens is 308 g/mol. The van der Waals surface area contributed by atoms with Gasteiger partial charge in [-0.1, -0.05) is 35.9 Å². The van der Waals surface area contributed by atoms with Crippen molar-refractivity contribution in [2.24, 2.45) is 0 Å². The van der Waals surface area contributed by atoms with Gasteiger partial charge >= 0.3 is 0 Å². The third-order valence-electron chi connectivity index (χ3n) is 4.60. The lowest BCUT2D eigenvalue weighted by atomic mass is 10.0. The molecule has 0 unspecified atom stereocenters. The standard InChI is InChI=1S/C19H21ClN2O/c1-14-6-5-7-16(15(14)2)19(23)22-12-10-21(11-13-22)18-9-4-3-8-17(18)20/h3-9H,10-13H2,1-2H3. The summed E-state index contributed by atoms with van der Waals surface area (Å²) in [5.41, 5.74) is 4.10. The van der Waals surface area contributed by atoms with Crippen molar-refractivity contribution < 1.29 is 4.79 Å². The Morgan fingerprint density at radius 2 is 1.65 bits per heavy atom. The van der Waals surface area contributed by atoms with E-state index in [1.807, 2.05) is 61.2 Å². The molecule has 0 bridgehead atoms. The average Bonchev–Trinajstić information content (AvgIpc) is 2.57. The van der Waals surface area contributed by atoms with E-state index in [0.717, 1.165) is 53.6 Å². The minimum atomic E-state index is 0.130. The number of hydrogen-bond acceptors (Lipinski definition) is 2. The lowest BCUT2D eigenvalue weighted by molar-refractivity contribution is 0.0746. The summed E-state index contributed by atoms with van der Waals surface area (Å²) < 4.78 is 0. The Balaban J connectivity index is 1.71. The molecule has 4 heteroatoms. The van der Waals surface area contributed by atoms with Gasteiger partial charge in [-0.2, -0.15) is 0 Å². The molecule has 0 N–H and O–H groups in total. The van der Waals surface area contributed by atoms with Gasteiger partial charge < -0.3 is 9.80 Å². The van der Waals surface area contributed by atoms with Gasteiger partial charge in [0.1, 0.15) is 0 Å². The Morgan fingerprint density at radius 3 is 2.35 bits per heavy atom. The molecule has 1 heterocycles. The van der Waals surface area contributed by atoms with Gasteiger partial charge in [0.15, 0.2) is 0 Å². The lowest BCUT2D eigenvalue weighted by Gasteiger charge is -2.36. The van der Waals surface area contributed by atoms with Crippen LogP contribution in [0, 0.1) is 13.8 Å². The maximum atomic E-state index is 12.8. The van der Waals surface area contributed by atoms with Crippen LogP contribution < -0.4 is 4.90 Å². The molecule has 0 spiro atoms. The van der Waals surface area contributed by atoms with E-state index in [2.05, 4.69) is 4.90 Å². The minimum Gasteiger partial charge on any atom is -0.367 e. The van der Waals surface area contributed by atoms with Crippen molar-refractivity contribution in [2.45, 2.75) is 13.8 Å². The van der Waals surface area contributed by atoms with Crippen molar-refractivity contribution in [3.63, 3.8) is 0 Å². The van der Waals surface area contributed by atoms with Gasteiger partial charge in [-0.25, -0.2) is 0 Å². The highest BCUT2D eigenvalue weighted by Crippen LogP contribution is 2.26. The van der Waals surface area contributed by atoms with Crippen molar-refractivity contribution in [3.8, 4) is 0 Å². The molecule has 120 valence electrons. The quantitative estimate of drug-likeness (QED) is 0.834. The second-order valence-corrected chi connectivity index (χ2v) is 6.39. The van der Waals surface area contributed by atoms with Gasteiger partial charge in [-0.05, 0) is 43.2 Å². The van der Waals surface area contributed by atoms with Crippen LogP contribution in [0.1, 0.15) is 21.5 Å². The summed E-state index contributed by atoms with van der Waals surface area (Å²) in [6.45, 7) is 7.11. The summed E-state index contributed by atoms with van der Waals surface area (Å²) in [6, 6.07) is 13.8. The molecule has 2 aromatic carbocycles. The zero-order valence-corrected chi connectivity index (χ0v) is 14.3. The molecule has 0 radical (unpaired) electrons. The molecule has 0 atom stereocenters. The first kappa shape index (κ1) is 15.9. The third-order valence-corrected chi connectivity index (χ3v) is 4.91. The molecular formula is C19H21ClN2O. The number of hydrogen-bond donors (Lipinski definition) is 0. The molecule has 3 rings (SSSR count). The number of halogens is 1. The van der Waals surface area contributed by atoms with Crippen LogP contribution in [0.15, 0.2) is 42.5 Å². The van der Waals surface area contributed by atoms with Crippen molar-refractivity contribution in [2.75, 3.05) is 31.1 Å². The molecule has 23 heavy (non-hydrogen) atoms. The maximum absolute atomic E-state index is 12.8. The van der Waals surface area contributed by atoms with E-state index < -0.39 is 0 Å². The summed E-state index contributed by atoms with van der Waals surface area (Å²) in [4.78, 5) is 16.9. The minimum absolute atomic E-state index is 0.130. The molecule has 0 aromatic heterocycles. The van der Waals surface area contributed by atoms with Crippen LogP contribution >= 0.6 is 11.6 Å². The van der Waals surface area contributed by atoms with Gasteiger partial charge in [-0.3, -0.25) is 4.79 Å². The molecule has 2 aromatic rings. The average molecular weight is 329 g/mol. The number of carbonyl (C=O) groups is 1. The van der Waals surface area contributed by atoms with Gasteiger partial charge in [-0.15, -0.1) is 0 Å². The van der Waals surface area contributed by atoms with Crippen LogP contribution in [0.3, 0.4) is 0 Å². The number of amides is 1. The molecule has 0 aliphatic carbocycles. The Bertz CT molecular complexity index is 721. The van der Waals surface area contributed by atoms with E-state index in [1.165, 1.54) is 0 Å². The summed E-state index contributed by atoms with van der Waals surface area (Å²) in [5.74, 6) is 0.130. The molecule has 0 saturated carbocycles. The Labute approximate surface area is 142 Å². The zero-order chi connectivity index (χ0) is 16.4. The molecule has 1 fully saturated rings. The summed E-state index contributed by atoms with van der Waals surface area (Å²) in [5, 5.41) is 0.766. The van der Waals surface area contributed by atoms with E-state index >= 15 is 0 Å². The first-order valence-corrected chi connectivity index (χ1v) is 8.30. The highest BCUT2D eigenvalue weighted by molar-refractivity contribution is 6.33. The molecule has 1 amide bonds. The fourth-order valence-electron chi connectivity index (χ4n) is 3.01. The summed E-state index contributed by atoms with van der Waals surface area (Å²) in [7, 11) is 0. The van der Waals surface area contributed by atoms with Gasteiger partial charge in [0.25, 0.3) is 5.91 Å². The Morgan fingerprint density at radius 1 is 0.957 bits per heavy atom. The largest absolute Gasteiger partial charge is 0.367 e. The number of piperazine rings is 1. The number of nitrogens with zero attached hydrogens (tertiary/aromatic N) is 2. The normalized spacial score (nSPS) is 14.9. The Hall–Kier alpha value is -2.00. The van der Waals surface area contributed by atoms with Crippen LogP contribution in [0.5, 0.6) is 0 Å². The van der Waals surface area contributed by atoms with Crippen LogP contribution in [-0.2, 0) is 0 Å². The van der Waals surface area contributed by atoms with Crippen LogP contribution in [0.25, 0.3) is 0 Å². The van der Waals surface area contributed by atoms with E-state index in [-0.39, 0.29) is 5.91 Å². The number of rotatable bonds is 2. The molecule has 3 nitrogen and oxygen atoms in total. The van der Waals surface area contributed by atoms with Crippen molar-refractivity contribution in [1.82, 2.24) is 4.90 Å². The van der Waals surface area contributed by atoms with Crippen molar-refractivity contribution >= 4 is 23.2 Å². The number of anilines is 1. The maximum Gasteiger partial charge on any atom is 0.254 e. The predicted octanol–water partition coefficient (Wildman–Crippen LogP) is 3.92. The van der Waals surface area contributed by atoms with Crippen molar-refractivity contribution in [3.05, 3.63) is 64.2 Å². The van der Waals surface area contributed by atoms with Crippen LogP contribution in [0.2, 0.25) is 5.02 Å². The molecule has 1 aliphatic heterocycles. The first-order chi connectivity index (χ1) is 11.1. The van der Waals surface area contributed by atoms with E-state index in [1.54, 1.807) is 0 Å². The molecule has 1 saturated heterocycles. The predicted molar refractivity (Wildman–Crippen MR) is 95.5 cm³/mol. The van der Waals surface area contributed by atoms with Crippen LogP contribution in [-0.4, -0.2) is 37.0 Å². The third kappa shape index (κ3) is 3.20. The van der Waals surface area contributed by atoms with E-state index in [4.69, 9.17) is 11.6 Å². The number of para-hydroxylation sites is 1. The highest BCUT2D eigenvalue weighted by atomic mass is 35.5. The topological polar surface area (TPSA) is 23.6 Å². The lowest BCUT2D eigenvalue weighted by Crippen LogP contribution is -2.49. The number of carbonyl (C=O) groups excluding carboxylic acids is 1. The van der Waals surface area contributed by atoms with E-state index in [9.17, 15) is 4.79 Å². The van der Waals surface area contributed by atoms with Gasteiger partial charge in [0.2, 0.25) is 0 Å². The number of aryl methyl sites for hydroxylation is 1. The highest BCUT2D eigenvalue weighted by Gasteiger charge is 2.24. The van der Waals surface area contributed by atoms with Gasteiger partial charge in [0, 0.05) is 31.7 Å².